The number of hydrogen-bond donors (Lipinski definition) is 1. The van der Waals surface area contributed by atoms with Crippen LogP contribution in [0.25, 0.3) is 0 Å². The fraction of sp³-hybridized carbons (Fsp3) is 0.769. The first kappa shape index (κ1) is 32.0. The normalized spacial score (nSPS) is 22.4. The van der Waals surface area contributed by atoms with Gasteiger partial charge in [-0.3, -0.25) is 10.2 Å². The van der Waals surface area contributed by atoms with E-state index in [2.05, 4.69) is 50.0 Å². The maximum Gasteiger partial charge on any atom is 0.149 e. The molecule has 1 aliphatic heterocycles. The molecule has 0 radical (unpaired) electrons. The van der Waals surface area contributed by atoms with Gasteiger partial charge in [-0.05, 0) is 57.9 Å². The van der Waals surface area contributed by atoms with Crippen LogP contribution in [0, 0.1) is 29.1 Å². The SMILES string of the molecule is C#C[C@@]1(C)C[C@@H](C(C)(C)C)CN(COCOC(C)(C)C)C1.C=C/C(=C\C)COO.CC. The topological polar surface area (TPSA) is 51.2 Å². The first-order chi connectivity index (χ1) is 14.3. The molecule has 1 N–H and O–H groups in total. The molecular formula is C26H49NO4. The Kier molecular flexibility index (Phi) is 16.1. The van der Waals surface area contributed by atoms with Crippen LogP contribution in [0.4, 0.5) is 0 Å². The van der Waals surface area contributed by atoms with E-state index in [1.54, 1.807) is 6.08 Å². The number of allylic oxidation sites excluding steroid dienone is 1. The summed E-state index contributed by atoms with van der Waals surface area (Å²) in [6.07, 6.45) is 10.3. The summed E-state index contributed by atoms with van der Waals surface area (Å²) in [5.41, 5.74) is 0.916. The number of ether oxygens (including phenoxy) is 2. The molecule has 0 aromatic carbocycles. The molecule has 0 bridgehead atoms. The van der Waals surface area contributed by atoms with Crippen LogP contribution in [0.5, 0.6) is 0 Å². The molecule has 0 aliphatic carbocycles. The number of rotatable bonds is 7. The van der Waals surface area contributed by atoms with E-state index < -0.39 is 0 Å². The highest BCUT2D eigenvalue weighted by molar-refractivity contribution is 5.14. The third kappa shape index (κ3) is 15.3. The lowest BCUT2D eigenvalue weighted by Gasteiger charge is -2.46. The van der Waals surface area contributed by atoms with Crippen molar-refractivity contribution in [2.45, 2.75) is 81.3 Å². The lowest BCUT2D eigenvalue weighted by atomic mass is 9.68. The predicted molar refractivity (Wildman–Crippen MR) is 132 cm³/mol. The van der Waals surface area contributed by atoms with Gasteiger partial charge in [0.15, 0.2) is 0 Å². The summed E-state index contributed by atoms with van der Waals surface area (Å²) in [5, 5.41) is 7.91. The van der Waals surface area contributed by atoms with E-state index in [0.29, 0.717) is 19.4 Å². The van der Waals surface area contributed by atoms with Crippen molar-refractivity contribution in [3.05, 3.63) is 24.3 Å². The average molecular weight is 440 g/mol. The Morgan fingerprint density at radius 2 is 1.84 bits per heavy atom. The van der Waals surface area contributed by atoms with Gasteiger partial charge in [-0.2, -0.15) is 0 Å². The molecule has 0 aromatic rings. The molecule has 0 spiro atoms. The van der Waals surface area contributed by atoms with Gasteiger partial charge in [-0.15, -0.1) is 6.42 Å². The highest BCUT2D eigenvalue weighted by Gasteiger charge is 2.39. The molecule has 31 heavy (non-hydrogen) atoms. The minimum atomic E-state index is -0.164. The maximum atomic E-state index is 7.91. The van der Waals surface area contributed by atoms with E-state index >= 15 is 0 Å². The average Bonchev–Trinajstić information content (AvgIpc) is 2.70. The summed E-state index contributed by atoms with van der Waals surface area (Å²) in [7, 11) is 0. The van der Waals surface area contributed by atoms with Gasteiger partial charge in [-0.25, -0.2) is 4.89 Å². The van der Waals surface area contributed by atoms with Gasteiger partial charge in [0.25, 0.3) is 0 Å². The summed E-state index contributed by atoms with van der Waals surface area (Å²) in [4.78, 5) is 6.17. The Labute approximate surface area is 192 Å². The molecule has 1 rings (SSSR count). The minimum absolute atomic E-state index is 0.0650. The second-order valence-electron chi connectivity index (χ2n) is 10.0. The summed E-state index contributed by atoms with van der Waals surface area (Å²) < 4.78 is 11.3. The van der Waals surface area contributed by atoms with E-state index in [4.69, 9.17) is 21.2 Å². The van der Waals surface area contributed by atoms with Crippen LogP contribution < -0.4 is 0 Å². The van der Waals surface area contributed by atoms with Crippen LogP contribution in [0.2, 0.25) is 0 Å². The Balaban J connectivity index is 0. The Hall–Kier alpha value is -1.16. The summed E-state index contributed by atoms with van der Waals surface area (Å²) >= 11 is 0. The molecule has 1 saturated heterocycles. The molecule has 1 fully saturated rings. The van der Waals surface area contributed by atoms with Crippen LogP contribution in [0.15, 0.2) is 24.3 Å². The predicted octanol–water partition coefficient (Wildman–Crippen LogP) is 6.38. The third-order valence-electron chi connectivity index (χ3n) is 5.03. The van der Waals surface area contributed by atoms with Crippen molar-refractivity contribution in [2.75, 3.05) is 33.2 Å². The van der Waals surface area contributed by atoms with Crippen molar-refractivity contribution in [3.8, 4) is 12.3 Å². The zero-order valence-electron chi connectivity index (χ0n) is 21.9. The Bertz CT molecular complexity index is 551. The van der Waals surface area contributed by atoms with Gasteiger partial charge in [0.1, 0.15) is 20.1 Å². The zero-order valence-corrected chi connectivity index (χ0v) is 21.9. The smallest absolute Gasteiger partial charge is 0.149 e. The van der Waals surface area contributed by atoms with Crippen LogP contribution in [0.3, 0.4) is 0 Å². The lowest BCUT2D eigenvalue weighted by Crippen LogP contribution is -2.49. The highest BCUT2D eigenvalue weighted by atomic mass is 17.1. The zero-order chi connectivity index (χ0) is 24.7. The molecule has 2 atom stereocenters. The van der Waals surface area contributed by atoms with E-state index in [0.717, 1.165) is 25.1 Å². The molecule has 0 amide bonds. The standard InChI is InChI=1S/C18H33NO2.C6H10O2.C2H6/c1-9-18(8)10-15(16(2,3)4)11-19(12-18)13-20-14-21-17(5,6)7;1-3-6(4-2)5-8-7;1-2/h1,15H,10-14H2,2-8H3;3-4,7H,1,5H2,2H3;1-2H3/b;6-4+;/t15-,18+;;/m1../s1. The minimum Gasteiger partial charge on any atom is -0.350 e. The fourth-order valence-electron chi connectivity index (χ4n) is 3.05. The van der Waals surface area contributed by atoms with Gasteiger partial charge in [0.2, 0.25) is 0 Å². The monoisotopic (exact) mass is 439 g/mol. The van der Waals surface area contributed by atoms with Crippen molar-refractivity contribution in [2.24, 2.45) is 16.7 Å². The Morgan fingerprint density at radius 3 is 2.19 bits per heavy atom. The molecule has 5 heteroatoms. The molecule has 0 saturated carbocycles. The van der Waals surface area contributed by atoms with E-state index in [9.17, 15) is 0 Å². The van der Waals surface area contributed by atoms with Crippen molar-refractivity contribution in [1.82, 2.24) is 4.90 Å². The Morgan fingerprint density at radius 1 is 1.26 bits per heavy atom. The van der Waals surface area contributed by atoms with Crippen LogP contribution in [-0.4, -0.2) is 49.0 Å². The molecule has 5 nitrogen and oxygen atoms in total. The van der Waals surface area contributed by atoms with Gasteiger partial charge >= 0.3 is 0 Å². The highest BCUT2D eigenvalue weighted by Crippen LogP contribution is 2.40. The van der Waals surface area contributed by atoms with Gasteiger partial charge in [-0.1, -0.05) is 59.3 Å². The van der Waals surface area contributed by atoms with E-state index in [-0.39, 0.29) is 23.0 Å². The molecule has 0 unspecified atom stereocenters. The van der Waals surface area contributed by atoms with Gasteiger partial charge < -0.3 is 9.47 Å². The fourth-order valence-corrected chi connectivity index (χ4v) is 3.05. The molecule has 1 heterocycles. The van der Waals surface area contributed by atoms with Crippen molar-refractivity contribution < 1.29 is 19.6 Å². The number of likely N-dealkylation sites (tertiary alicyclic amines) is 1. The first-order valence-electron chi connectivity index (χ1n) is 11.3. The van der Waals surface area contributed by atoms with Crippen LogP contribution >= 0.6 is 0 Å². The second kappa shape index (κ2) is 15.6. The van der Waals surface area contributed by atoms with Crippen LogP contribution in [-0.2, 0) is 14.4 Å². The lowest BCUT2D eigenvalue weighted by molar-refractivity contribution is -0.233. The van der Waals surface area contributed by atoms with Crippen LogP contribution in [0.1, 0.15) is 75.7 Å². The first-order valence-corrected chi connectivity index (χ1v) is 11.3. The quantitative estimate of drug-likeness (QED) is 0.125. The number of hydrogen-bond acceptors (Lipinski definition) is 5. The third-order valence-corrected chi connectivity index (χ3v) is 5.03. The number of nitrogens with zero attached hydrogens (tertiary/aromatic N) is 1. The van der Waals surface area contributed by atoms with E-state index in [1.165, 1.54) is 0 Å². The molecule has 182 valence electrons. The summed E-state index contributed by atoms with van der Waals surface area (Å²) in [5.74, 6) is 3.58. The maximum absolute atomic E-state index is 7.91. The van der Waals surface area contributed by atoms with Gasteiger partial charge in [0, 0.05) is 18.5 Å². The molecular weight excluding hydrogens is 390 g/mol. The van der Waals surface area contributed by atoms with Crippen molar-refractivity contribution in [1.29, 1.82) is 0 Å². The van der Waals surface area contributed by atoms with Crippen molar-refractivity contribution in [3.63, 3.8) is 0 Å². The summed E-state index contributed by atoms with van der Waals surface area (Å²) in [6.45, 7) is 27.6. The van der Waals surface area contributed by atoms with Crippen molar-refractivity contribution >= 4 is 0 Å². The number of piperidine rings is 1. The number of terminal acetylenes is 1. The van der Waals surface area contributed by atoms with E-state index in [1.807, 2.05) is 47.6 Å². The second-order valence-corrected chi connectivity index (χ2v) is 10.0. The molecule has 1 aliphatic rings. The largest absolute Gasteiger partial charge is 0.350 e. The summed E-state index contributed by atoms with van der Waals surface area (Å²) in [6, 6.07) is 0. The van der Waals surface area contributed by atoms with Gasteiger partial charge in [0.05, 0.1) is 5.60 Å². The molecule has 0 aromatic heterocycles.